The van der Waals surface area contributed by atoms with Gasteiger partial charge >= 0.3 is 0 Å². The summed E-state index contributed by atoms with van der Waals surface area (Å²) in [7, 11) is 0. The summed E-state index contributed by atoms with van der Waals surface area (Å²) in [5.74, 6) is -1.44. The van der Waals surface area contributed by atoms with Crippen LogP contribution < -0.4 is 5.32 Å². The molecule has 100 valence electrons. The first-order chi connectivity index (χ1) is 9.11. The maximum Gasteiger partial charge on any atom is 0.131 e. The normalized spacial score (nSPS) is 10.7. The molecular formula is C15H14F3N. The zero-order valence-electron chi connectivity index (χ0n) is 10.5. The summed E-state index contributed by atoms with van der Waals surface area (Å²) in [6, 6.07) is 7.31. The van der Waals surface area contributed by atoms with Crippen LogP contribution in [0.15, 0.2) is 36.4 Å². The zero-order chi connectivity index (χ0) is 13.8. The van der Waals surface area contributed by atoms with E-state index in [1.807, 2.05) is 6.92 Å². The van der Waals surface area contributed by atoms with Gasteiger partial charge in [0.05, 0.1) is 0 Å². The first-order valence-electron chi connectivity index (χ1n) is 6.06. The Morgan fingerprint density at radius 3 is 2.32 bits per heavy atom. The second kappa shape index (κ2) is 5.89. The van der Waals surface area contributed by atoms with Crippen molar-refractivity contribution in [1.29, 1.82) is 0 Å². The highest BCUT2D eigenvalue weighted by Crippen LogP contribution is 2.27. The molecule has 0 radical (unpaired) electrons. The molecule has 0 amide bonds. The SMILES string of the molecule is CCNCc1cc(F)ccc1-c1cc(F)ccc1F. The Labute approximate surface area is 110 Å². The van der Waals surface area contributed by atoms with Gasteiger partial charge in [-0.25, -0.2) is 13.2 Å². The quantitative estimate of drug-likeness (QED) is 0.884. The molecule has 0 unspecified atom stereocenters. The third kappa shape index (κ3) is 3.15. The summed E-state index contributed by atoms with van der Waals surface area (Å²) in [4.78, 5) is 0. The Hall–Kier alpha value is -1.81. The average Bonchev–Trinajstić information content (AvgIpc) is 2.39. The molecule has 0 aromatic heterocycles. The molecule has 1 nitrogen and oxygen atoms in total. The molecule has 0 heterocycles. The van der Waals surface area contributed by atoms with Gasteiger partial charge in [0.25, 0.3) is 0 Å². The van der Waals surface area contributed by atoms with Crippen molar-refractivity contribution in [2.45, 2.75) is 13.5 Å². The van der Waals surface area contributed by atoms with Gasteiger partial charge in [0.1, 0.15) is 17.5 Å². The van der Waals surface area contributed by atoms with Crippen molar-refractivity contribution in [3.05, 3.63) is 59.4 Å². The Morgan fingerprint density at radius 2 is 1.58 bits per heavy atom. The minimum absolute atomic E-state index is 0.146. The molecule has 0 aliphatic heterocycles. The molecule has 0 bridgehead atoms. The van der Waals surface area contributed by atoms with Crippen molar-refractivity contribution in [3.8, 4) is 11.1 Å². The highest BCUT2D eigenvalue weighted by Gasteiger charge is 2.11. The summed E-state index contributed by atoms with van der Waals surface area (Å²) in [5.41, 5.74) is 1.25. The molecule has 2 rings (SSSR count). The number of halogens is 3. The van der Waals surface area contributed by atoms with Crippen molar-refractivity contribution < 1.29 is 13.2 Å². The molecule has 0 spiro atoms. The number of nitrogens with one attached hydrogen (secondary N) is 1. The van der Waals surface area contributed by atoms with Gasteiger partial charge in [-0.2, -0.15) is 0 Å². The summed E-state index contributed by atoms with van der Waals surface area (Å²) in [6.45, 7) is 3.03. The molecule has 2 aromatic rings. The van der Waals surface area contributed by atoms with Crippen LogP contribution in [0.5, 0.6) is 0 Å². The highest BCUT2D eigenvalue weighted by molar-refractivity contribution is 5.68. The smallest absolute Gasteiger partial charge is 0.131 e. The lowest BCUT2D eigenvalue weighted by molar-refractivity contribution is 0.602. The number of benzene rings is 2. The standard InChI is InChI=1S/C15H14F3N/c1-2-19-9-10-7-11(16)3-5-13(10)14-8-12(17)4-6-15(14)18/h3-8,19H,2,9H2,1H3. The largest absolute Gasteiger partial charge is 0.313 e. The van der Waals surface area contributed by atoms with E-state index in [1.54, 1.807) is 0 Å². The van der Waals surface area contributed by atoms with Crippen LogP contribution in [0.4, 0.5) is 13.2 Å². The van der Waals surface area contributed by atoms with Crippen LogP contribution in [0.1, 0.15) is 12.5 Å². The fraction of sp³-hybridized carbons (Fsp3) is 0.200. The van der Waals surface area contributed by atoms with E-state index in [4.69, 9.17) is 0 Å². The van der Waals surface area contributed by atoms with E-state index < -0.39 is 17.5 Å². The van der Waals surface area contributed by atoms with E-state index in [0.717, 1.165) is 18.2 Å². The van der Waals surface area contributed by atoms with Gasteiger partial charge in [0, 0.05) is 12.1 Å². The minimum Gasteiger partial charge on any atom is -0.313 e. The first-order valence-corrected chi connectivity index (χ1v) is 6.06. The Morgan fingerprint density at radius 1 is 0.895 bits per heavy atom. The van der Waals surface area contributed by atoms with E-state index in [0.29, 0.717) is 24.2 Å². The van der Waals surface area contributed by atoms with Gasteiger partial charge in [0.2, 0.25) is 0 Å². The summed E-state index contributed by atoms with van der Waals surface area (Å²) < 4.78 is 40.3. The van der Waals surface area contributed by atoms with Gasteiger partial charge in [-0.15, -0.1) is 0 Å². The van der Waals surface area contributed by atoms with Gasteiger partial charge in [-0.1, -0.05) is 13.0 Å². The first kappa shape index (κ1) is 13.6. The topological polar surface area (TPSA) is 12.0 Å². The van der Waals surface area contributed by atoms with Crippen LogP contribution in [0.25, 0.3) is 11.1 Å². The molecule has 0 aliphatic rings. The lowest BCUT2D eigenvalue weighted by atomic mass is 9.99. The highest BCUT2D eigenvalue weighted by atomic mass is 19.1. The molecule has 19 heavy (non-hydrogen) atoms. The molecule has 0 saturated heterocycles. The van der Waals surface area contributed by atoms with Gasteiger partial charge in [-0.05, 0) is 48.0 Å². The van der Waals surface area contributed by atoms with E-state index >= 15 is 0 Å². The van der Waals surface area contributed by atoms with Crippen LogP contribution in [-0.4, -0.2) is 6.54 Å². The fourth-order valence-corrected chi connectivity index (χ4v) is 1.93. The van der Waals surface area contributed by atoms with E-state index in [1.165, 1.54) is 18.2 Å². The number of rotatable bonds is 4. The maximum atomic E-state index is 13.8. The van der Waals surface area contributed by atoms with Crippen LogP contribution in [0.2, 0.25) is 0 Å². The van der Waals surface area contributed by atoms with E-state index in [2.05, 4.69) is 5.32 Å². The second-order valence-corrected chi connectivity index (χ2v) is 4.21. The van der Waals surface area contributed by atoms with Gasteiger partial charge in [0.15, 0.2) is 0 Å². The van der Waals surface area contributed by atoms with Gasteiger partial charge in [-0.3, -0.25) is 0 Å². The van der Waals surface area contributed by atoms with Gasteiger partial charge < -0.3 is 5.32 Å². The predicted molar refractivity (Wildman–Crippen MR) is 69.1 cm³/mol. The van der Waals surface area contributed by atoms with Crippen molar-refractivity contribution in [2.75, 3.05) is 6.54 Å². The summed E-state index contributed by atoms with van der Waals surface area (Å²) in [6.07, 6.45) is 0. The molecule has 4 heteroatoms. The van der Waals surface area contributed by atoms with Crippen LogP contribution >= 0.6 is 0 Å². The Kier molecular flexibility index (Phi) is 4.22. The molecule has 2 aromatic carbocycles. The number of hydrogen-bond acceptors (Lipinski definition) is 1. The van der Waals surface area contributed by atoms with E-state index in [9.17, 15) is 13.2 Å². The fourth-order valence-electron chi connectivity index (χ4n) is 1.93. The third-order valence-corrected chi connectivity index (χ3v) is 2.85. The molecular weight excluding hydrogens is 251 g/mol. The Balaban J connectivity index is 2.51. The molecule has 0 atom stereocenters. The maximum absolute atomic E-state index is 13.8. The molecule has 1 N–H and O–H groups in total. The third-order valence-electron chi connectivity index (χ3n) is 2.85. The number of hydrogen-bond donors (Lipinski definition) is 1. The van der Waals surface area contributed by atoms with Crippen molar-refractivity contribution in [2.24, 2.45) is 0 Å². The lowest BCUT2D eigenvalue weighted by Gasteiger charge is -2.11. The average molecular weight is 265 g/mol. The van der Waals surface area contributed by atoms with Crippen LogP contribution in [-0.2, 0) is 6.54 Å². The van der Waals surface area contributed by atoms with Crippen LogP contribution in [0.3, 0.4) is 0 Å². The van der Waals surface area contributed by atoms with Crippen molar-refractivity contribution in [1.82, 2.24) is 5.32 Å². The Bertz CT molecular complexity index is 582. The summed E-state index contributed by atoms with van der Waals surface area (Å²) >= 11 is 0. The van der Waals surface area contributed by atoms with Crippen LogP contribution in [0, 0.1) is 17.5 Å². The summed E-state index contributed by atoms with van der Waals surface area (Å²) in [5, 5.41) is 3.05. The molecule has 0 saturated carbocycles. The minimum atomic E-state index is -0.522. The molecule has 0 fully saturated rings. The van der Waals surface area contributed by atoms with Crippen molar-refractivity contribution in [3.63, 3.8) is 0 Å². The molecule has 0 aliphatic carbocycles. The van der Waals surface area contributed by atoms with E-state index in [-0.39, 0.29) is 5.56 Å². The lowest BCUT2D eigenvalue weighted by Crippen LogP contribution is -2.13. The monoisotopic (exact) mass is 265 g/mol. The van der Waals surface area contributed by atoms with Crippen molar-refractivity contribution >= 4 is 0 Å². The zero-order valence-corrected chi connectivity index (χ0v) is 10.5. The second-order valence-electron chi connectivity index (χ2n) is 4.21. The predicted octanol–water partition coefficient (Wildman–Crippen LogP) is 3.88.